The molecule has 0 aromatic heterocycles. The summed E-state index contributed by atoms with van der Waals surface area (Å²) in [7, 11) is 1.78. The molecule has 1 fully saturated rings. The zero-order chi connectivity index (χ0) is 19.1. The lowest BCUT2D eigenvalue weighted by molar-refractivity contribution is -0.114. The van der Waals surface area contributed by atoms with Crippen molar-refractivity contribution < 1.29 is 4.79 Å². The Kier molecular flexibility index (Phi) is 6.40. The van der Waals surface area contributed by atoms with Gasteiger partial charge in [0.1, 0.15) is 0 Å². The molecule has 0 unspecified atom stereocenters. The van der Waals surface area contributed by atoms with E-state index in [9.17, 15) is 4.79 Å². The van der Waals surface area contributed by atoms with Gasteiger partial charge >= 0.3 is 0 Å². The number of amides is 1. The molecule has 1 saturated carbocycles. The fourth-order valence-electron chi connectivity index (χ4n) is 2.81. The molecule has 0 aliphatic heterocycles. The molecule has 6 heteroatoms. The number of guanidine groups is 1. The number of carbonyl (C=O) groups excluding carboxylic acids is 1. The summed E-state index contributed by atoms with van der Waals surface area (Å²) < 4.78 is 0.268. The maximum Gasteiger partial charge on any atom is 0.221 e. The molecule has 0 heterocycles. The number of anilines is 1. The van der Waals surface area contributed by atoms with E-state index >= 15 is 0 Å². The quantitative estimate of drug-likeness (QED) is 0.505. The zero-order valence-electron chi connectivity index (χ0n) is 15.8. The smallest absolute Gasteiger partial charge is 0.221 e. The van der Waals surface area contributed by atoms with Crippen LogP contribution in [0.3, 0.4) is 0 Å². The third kappa shape index (κ3) is 6.03. The van der Waals surface area contributed by atoms with Crippen LogP contribution in [0.2, 0.25) is 0 Å². The van der Waals surface area contributed by atoms with Gasteiger partial charge in [-0.2, -0.15) is 0 Å². The Morgan fingerprint density at radius 2 is 1.89 bits per heavy atom. The van der Waals surface area contributed by atoms with E-state index in [1.54, 1.807) is 7.05 Å². The fourth-order valence-corrected chi connectivity index (χ4v) is 4.05. The van der Waals surface area contributed by atoms with E-state index < -0.39 is 0 Å². The Hall–Kier alpha value is -2.47. The van der Waals surface area contributed by atoms with Crippen LogP contribution in [-0.4, -0.2) is 30.2 Å². The van der Waals surface area contributed by atoms with Crippen LogP contribution in [0.25, 0.3) is 0 Å². The zero-order valence-corrected chi connectivity index (χ0v) is 16.6. The first-order chi connectivity index (χ1) is 13.1. The highest BCUT2D eigenvalue weighted by atomic mass is 32.2. The lowest BCUT2D eigenvalue weighted by atomic mass is 10.2. The van der Waals surface area contributed by atoms with Crippen LogP contribution in [0, 0.1) is 0 Å². The highest BCUT2D eigenvalue weighted by Gasteiger charge is 2.43. The minimum atomic E-state index is -0.0665. The maximum absolute atomic E-state index is 11.2. The summed E-state index contributed by atoms with van der Waals surface area (Å²) in [6.45, 7) is 3.04. The molecule has 3 rings (SSSR count). The van der Waals surface area contributed by atoms with Gasteiger partial charge in [0.15, 0.2) is 5.96 Å². The molecule has 2 aromatic rings. The fraction of sp³-hybridized carbons (Fsp3) is 0.333. The lowest BCUT2D eigenvalue weighted by Gasteiger charge is -2.18. The molecule has 3 N–H and O–H groups in total. The standard InChI is InChI=1S/C21H26N4OS/c1-16(26)25-18-8-6-7-17(13-18)14-23-20(22-2)24-15-21(11-12-21)27-19-9-4-3-5-10-19/h3-10,13H,11-12,14-15H2,1-2H3,(H,25,26)(H2,22,23,24). The second-order valence-electron chi connectivity index (χ2n) is 6.76. The highest BCUT2D eigenvalue weighted by molar-refractivity contribution is 8.01. The van der Waals surface area contributed by atoms with Crippen molar-refractivity contribution in [3.05, 3.63) is 60.2 Å². The van der Waals surface area contributed by atoms with Gasteiger partial charge < -0.3 is 16.0 Å². The number of rotatable bonds is 7. The number of carbonyl (C=O) groups is 1. The maximum atomic E-state index is 11.2. The van der Waals surface area contributed by atoms with Crippen molar-refractivity contribution in [1.29, 1.82) is 0 Å². The predicted octanol–water partition coefficient (Wildman–Crippen LogP) is 3.63. The number of thioether (sulfide) groups is 1. The summed E-state index contributed by atoms with van der Waals surface area (Å²) in [5.41, 5.74) is 1.89. The van der Waals surface area contributed by atoms with E-state index in [0.29, 0.717) is 6.54 Å². The van der Waals surface area contributed by atoms with Crippen LogP contribution < -0.4 is 16.0 Å². The monoisotopic (exact) mass is 382 g/mol. The van der Waals surface area contributed by atoms with E-state index in [1.165, 1.54) is 24.7 Å². The normalized spacial score (nSPS) is 15.1. The summed E-state index contributed by atoms with van der Waals surface area (Å²) in [4.78, 5) is 16.8. The first-order valence-electron chi connectivity index (χ1n) is 9.14. The predicted molar refractivity (Wildman–Crippen MR) is 113 cm³/mol. The van der Waals surface area contributed by atoms with E-state index in [4.69, 9.17) is 0 Å². The average molecular weight is 383 g/mol. The van der Waals surface area contributed by atoms with Crippen molar-refractivity contribution in [2.75, 3.05) is 18.9 Å². The second-order valence-corrected chi connectivity index (χ2v) is 8.30. The number of nitrogens with zero attached hydrogens (tertiary/aromatic N) is 1. The highest BCUT2D eigenvalue weighted by Crippen LogP contribution is 2.51. The Morgan fingerprint density at radius 3 is 2.56 bits per heavy atom. The average Bonchev–Trinajstić information content (AvgIpc) is 3.42. The number of nitrogens with one attached hydrogen (secondary N) is 3. The Balaban J connectivity index is 1.49. The molecule has 5 nitrogen and oxygen atoms in total. The molecule has 0 spiro atoms. The largest absolute Gasteiger partial charge is 0.355 e. The summed E-state index contributed by atoms with van der Waals surface area (Å²) in [6.07, 6.45) is 2.44. The van der Waals surface area contributed by atoms with Gasteiger partial charge in [0.25, 0.3) is 0 Å². The van der Waals surface area contributed by atoms with E-state index in [0.717, 1.165) is 23.8 Å². The van der Waals surface area contributed by atoms with Crippen LogP contribution in [0.4, 0.5) is 5.69 Å². The van der Waals surface area contributed by atoms with Crippen LogP contribution in [0.5, 0.6) is 0 Å². The van der Waals surface area contributed by atoms with Crippen LogP contribution in [-0.2, 0) is 11.3 Å². The topological polar surface area (TPSA) is 65.5 Å². The van der Waals surface area contributed by atoms with Crippen molar-refractivity contribution >= 4 is 29.3 Å². The van der Waals surface area contributed by atoms with E-state index in [-0.39, 0.29) is 10.7 Å². The van der Waals surface area contributed by atoms with Crippen LogP contribution >= 0.6 is 11.8 Å². The van der Waals surface area contributed by atoms with Crippen molar-refractivity contribution in [3.8, 4) is 0 Å². The summed E-state index contributed by atoms with van der Waals surface area (Å²) in [5, 5.41) is 9.61. The summed E-state index contributed by atoms with van der Waals surface area (Å²) >= 11 is 1.95. The van der Waals surface area contributed by atoms with Crippen molar-refractivity contribution in [2.24, 2.45) is 4.99 Å². The molecule has 0 bridgehead atoms. The molecule has 1 amide bonds. The number of benzene rings is 2. The SMILES string of the molecule is CN=C(NCc1cccc(NC(C)=O)c1)NCC1(Sc2ccccc2)CC1. The lowest BCUT2D eigenvalue weighted by Crippen LogP contribution is -2.40. The van der Waals surface area contributed by atoms with Gasteiger partial charge in [0, 0.05) is 42.4 Å². The minimum Gasteiger partial charge on any atom is -0.355 e. The van der Waals surface area contributed by atoms with Gasteiger partial charge in [-0.15, -0.1) is 11.8 Å². The summed E-state index contributed by atoms with van der Waals surface area (Å²) in [5.74, 6) is 0.725. The molecular formula is C21H26N4OS. The Bertz CT molecular complexity index is 803. The van der Waals surface area contributed by atoms with Gasteiger partial charge in [-0.1, -0.05) is 30.3 Å². The molecule has 2 aromatic carbocycles. The second kappa shape index (κ2) is 8.95. The third-order valence-corrected chi connectivity index (χ3v) is 5.89. The third-order valence-electron chi connectivity index (χ3n) is 4.39. The number of aliphatic imine (C=N–C) groups is 1. The van der Waals surface area contributed by atoms with Gasteiger partial charge in [-0.05, 0) is 42.7 Å². The van der Waals surface area contributed by atoms with Crippen molar-refractivity contribution in [2.45, 2.75) is 36.0 Å². The molecule has 0 radical (unpaired) electrons. The van der Waals surface area contributed by atoms with Gasteiger partial charge in [-0.25, -0.2) is 0 Å². The van der Waals surface area contributed by atoms with Crippen molar-refractivity contribution in [3.63, 3.8) is 0 Å². The van der Waals surface area contributed by atoms with E-state index in [2.05, 4.69) is 51.3 Å². The molecule has 1 aliphatic rings. The summed E-state index contributed by atoms with van der Waals surface area (Å²) in [6, 6.07) is 18.4. The molecule has 27 heavy (non-hydrogen) atoms. The number of hydrogen-bond acceptors (Lipinski definition) is 3. The Morgan fingerprint density at radius 1 is 1.11 bits per heavy atom. The van der Waals surface area contributed by atoms with Crippen LogP contribution in [0.15, 0.2) is 64.5 Å². The van der Waals surface area contributed by atoms with E-state index in [1.807, 2.05) is 36.0 Å². The van der Waals surface area contributed by atoms with Gasteiger partial charge in [-0.3, -0.25) is 9.79 Å². The number of hydrogen-bond donors (Lipinski definition) is 3. The van der Waals surface area contributed by atoms with Crippen molar-refractivity contribution in [1.82, 2.24) is 10.6 Å². The Labute approximate surface area is 165 Å². The first kappa shape index (κ1) is 19.3. The minimum absolute atomic E-state index is 0.0665. The van der Waals surface area contributed by atoms with Gasteiger partial charge in [0.2, 0.25) is 5.91 Å². The molecule has 0 saturated heterocycles. The van der Waals surface area contributed by atoms with Crippen LogP contribution in [0.1, 0.15) is 25.3 Å². The molecule has 142 valence electrons. The molecule has 1 aliphatic carbocycles. The van der Waals surface area contributed by atoms with Gasteiger partial charge in [0.05, 0.1) is 0 Å². The first-order valence-corrected chi connectivity index (χ1v) is 9.95. The molecular weight excluding hydrogens is 356 g/mol. The molecule has 0 atom stereocenters.